The Morgan fingerprint density at radius 1 is 0.714 bits per heavy atom. The number of hydrogen-bond acceptors (Lipinski definition) is 0. The summed E-state index contributed by atoms with van der Waals surface area (Å²) in [4.78, 5) is -1.13. The third kappa shape index (κ3) is 1.10. The van der Waals surface area contributed by atoms with E-state index < -0.39 is 13.5 Å². The molecule has 0 amide bonds. The highest BCUT2D eigenvalue weighted by Gasteiger charge is 2.87. The maximum Gasteiger partial charge on any atom is 0.179 e. The van der Waals surface area contributed by atoms with E-state index in [-0.39, 0.29) is 0 Å². The molecule has 0 radical (unpaired) electrons. The summed E-state index contributed by atoms with van der Waals surface area (Å²) >= 11 is 30.0. The van der Waals surface area contributed by atoms with Crippen molar-refractivity contribution in [3.8, 4) is 0 Å². The molecule has 0 unspecified atom stereocenters. The van der Waals surface area contributed by atoms with E-state index in [2.05, 4.69) is 0 Å². The Hall–Kier alpha value is 0.670. The second kappa shape index (κ2) is 3.09. The SMILES string of the molecule is ClC1(Cl)C(Cl)(Cl)C1(Cl)c1ccccc1. The number of rotatable bonds is 1. The van der Waals surface area contributed by atoms with Crippen molar-refractivity contribution in [3.05, 3.63) is 35.9 Å². The first-order valence-electron chi connectivity index (χ1n) is 3.86. The van der Waals surface area contributed by atoms with Crippen LogP contribution >= 0.6 is 58.0 Å². The lowest BCUT2D eigenvalue weighted by Crippen LogP contribution is -2.07. The monoisotopic (exact) mass is 288 g/mol. The van der Waals surface area contributed by atoms with E-state index in [9.17, 15) is 0 Å². The minimum Gasteiger partial charge on any atom is -0.107 e. The molecule has 1 aromatic rings. The summed E-state index contributed by atoms with van der Waals surface area (Å²) in [5.74, 6) is 0. The van der Waals surface area contributed by atoms with Crippen LogP contribution in [-0.2, 0) is 4.87 Å². The van der Waals surface area contributed by atoms with E-state index in [0.717, 1.165) is 5.56 Å². The molecule has 1 aliphatic rings. The molecule has 0 heterocycles. The highest BCUT2D eigenvalue weighted by Crippen LogP contribution is 2.79. The van der Waals surface area contributed by atoms with Gasteiger partial charge in [-0.05, 0) is 5.56 Å². The van der Waals surface area contributed by atoms with Crippen LogP contribution in [0.15, 0.2) is 30.3 Å². The molecular formula is C9H5Cl5. The molecule has 1 aliphatic carbocycles. The minimum atomic E-state index is -1.36. The van der Waals surface area contributed by atoms with Crippen LogP contribution in [-0.4, -0.2) is 8.67 Å². The zero-order chi connectivity index (χ0) is 10.6. The van der Waals surface area contributed by atoms with E-state index >= 15 is 0 Å². The van der Waals surface area contributed by atoms with Gasteiger partial charge in [0.1, 0.15) is 4.87 Å². The molecule has 1 aromatic carbocycles. The molecule has 0 spiro atoms. The highest BCUT2D eigenvalue weighted by molar-refractivity contribution is 6.74. The summed E-state index contributed by atoms with van der Waals surface area (Å²) < 4.78 is -2.71. The van der Waals surface area contributed by atoms with Crippen LogP contribution in [0.2, 0.25) is 0 Å². The normalized spacial score (nSPS) is 25.8. The molecule has 1 fully saturated rings. The molecule has 1 saturated carbocycles. The van der Waals surface area contributed by atoms with Gasteiger partial charge >= 0.3 is 0 Å². The zero-order valence-electron chi connectivity index (χ0n) is 6.78. The van der Waals surface area contributed by atoms with Gasteiger partial charge in [-0.1, -0.05) is 76.7 Å². The zero-order valence-corrected chi connectivity index (χ0v) is 10.6. The van der Waals surface area contributed by atoms with Crippen LogP contribution in [0.4, 0.5) is 0 Å². The molecule has 14 heavy (non-hydrogen) atoms. The van der Waals surface area contributed by atoms with Crippen LogP contribution in [0.3, 0.4) is 0 Å². The average Bonchev–Trinajstić information content (AvgIpc) is 2.47. The van der Waals surface area contributed by atoms with Gasteiger partial charge in [-0.2, -0.15) is 0 Å². The van der Waals surface area contributed by atoms with Gasteiger partial charge in [-0.15, -0.1) is 11.6 Å². The summed E-state index contributed by atoms with van der Waals surface area (Å²) in [5, 5.41) is 0. The van der Waals surface area contributed by atoms with Gasteiger partial charge in [-0.3, -0.25) is 0 Å². The summed E-state index contributed by atoms with van der Waals surface area (Å²) in [6, 6.07) is 9.09. The summed E-state index contributed by atoms with van der Waals surface area (Å²) in [6.45, 7) is 0. The maximum absolute atomic E-state index is 6.23. The quantitative estimate of drug-likeness (QED) is 0.669. The van der Waals surface area contributed by atoms with Crippen LogP contribution in [0.1, 0.15) is 5.56 Å². The Kier molecular flexibility index (Phi) is 2.46. The number of hydrogen-bond donors (Lipinski definition) is 0. The number of alkyl halides is 5. The number of benzene rings is 1. The van der Waals surface area contributed by atoms with E-state index in [1.807, 2.05) is 18.2 Å². The second-order valence-corrected chi connectivity index (χ2v) is 6.39. The van der Waals surface area contributed by atoms with Gasteiger partial charge in [0, 0.05) is 0 Å². The fraction of sp³-hybridized carbons (Fsp3) is 0.333. The van der Waals surface area contributed by atoms with Crippen molar-refractivity contribution in [2.45, 2.75) is 13.5 Å². The Labute approximate surface area is 107 Å². The molecule has 0 nitrogen and oxygen atoms in total. The van der Waals surface area contributed by atoms with E-state index in [1.54, 1.807) is 12.1 Å². The lowest BCUT2D eigenvalue weighted by Gasteiger charge is -2.08. The lowest BCUT2D eigenvalue weighted by atomic mass is 10.1. The van der Waals surface area contributed by atoms with Crippen LogP contribution in [0, 0.1) is 0 Å². The first-order valence-corrected chi connectivity index (χ1v) is 5.75. The minimum absolute atomic E-state index is 0.719. The maximum atomic E-state index is 6.23. The topological polar surface area (TPSA) is 0 Å². The van der Waals surface area contributed by atoms with Gasteiger partial charge < -0.3 is 0 Å². The third-order valence-corrected chi connectivity index (χ3v) is 6.20. The number of halogens is 5. The smallest absolute Gasteiger partial charge is 0.107 e. The van der Waals surface area contributed by atoms with Crippen LogP contribution < -0.4 is 0 Å². The molecule has 0 N–H and O–H groups in total. The van der Waals surface area contributed by atoms with Crippen LogP contribution in [0.25, 0.3) is 0 Å². The molecule has 2 rings (SSSR count). The fourth-order valence-electron chi connectivity index (χ4n) is 1.42. The van der Waals surface area contributed by atoms with Gasteiger partial charge in [0.25, 0.3) is 0 Å². The van der Waals surface area contributed by atoms with Crippen molar-refractivity contribution in [2.75, 3.05) is 0 Å². The molecule has 0 aromatic heterocycles. The molecule has 76 valence electrons. The van der Waals surface area contributed by atoms with Gasteiger partial charge in [-0.25, -0.2) is 0 Å². The van der Waals surface area contributed by atoms with Crippen molar-refractivity contribution >= 4 is 58.0 Å². The predicted octanol–water partition coefficient (Wildman–Crippen LogP) is 4.48. The van der Waals surface area contributed by atoms with E-state index in [4.69, 9.17) is 58.0 Å². The Morgan fingerprint density at radius 2 is 1.14 bits per heavy atom. The standard InChI is InChI=1S/C9H5Cl5/c10-7(6-4-2-1-3-5-6)8(11,12)9(7,13)14/h1-5H. The van der Waals surface area contributed by atoms with Crippen molar-refractivity contribution in [3.63, 3.8) is 0 Å². The molecule has 0 bridgehead atoms. The van der Waals surface area contributed by atoms with Gasteiger partial charge in [0.2, 0.25) is 0 Å². The predicted molar refractivity (Wildman–Crippen MR) is 62.8 cm³/mol. The Morgan fingerprint density at radius 3 is 1.50 bits per heavy atom. The molecular weight excluding hydrogens is 285 g/mol. The molecule has 0 atom stereocenters. The summed E-state index contributed by atoms with van der Waals surface area (Å²) in [5.41, 5.74) is 0.719. The van der Waals surface area contributed by atoms with Gasteiger partial charge in [0.15, 0.2) is 8.67 Å². The Bertz CT molecular complexity index is 343. The molecule has 0 aliphatic heterocycles. The first kappa shape index (κ1) is 11.2. The fourth-order valence-corrected chi connectivity index (χ4v) is 3.55. The van der Waals surface area contributed by atoms with Crippen LogP contribution in [0.5, 0.6) is 0 Å². The van der Waals surface area contributed by atoms with Crippen molar-refractivity contribution in [1.29, 1.82) is 0 Å². The summed E-state index contributed by atoms with van der Waals surface area (Å²) in [7, 11) is 0. The highest BCUT2D eigenvalue weighted by atomic mass is 35.5. The van der Waals surface area contributed by atoms with Crippen molar-refractivity contribution in [2.24, 2.45) is 0 Å². The average molecular weight is 290 g/mol. The van der Waals surface area contributed by atoms with E-state index in [1.165, 1.54) is 0 Å². The largest absolute Gasteiger partial charge is 0.179 e. The first-order chi connectivity index (χ1) is 6.36. The van der Waals surface area contributed by atoms with Gasteiger partial charge in [0.05, 0.1) is 0 Å². The lowest BCUT2D eigenvalue weighted by molar-refractivity contribution is 0.981. The third-order valence-electron chi connectivity index (χ3n) is 2.37. The van der Waals surface area contributed by atoms with E-state index in [0.29, 0.717) is 0 Å². The van der Waals surface area contributed by atoms with Crippen molar-refractivity contribution in [1.82, 2.24) is 0 Å². The van der Waals surface area contributed by atoms with Crippen molar-refractivity contribution < 1.29 is 0 Å². The summed E-state index contributed by atoms with van der Waals surface area (Å²) in [6.07, 6.45) is 0. The second-order valence-electron chi connectivity index (χ2n) is 3.17. The molecule has 5 heteroatoms. The molecule has 0 saturated heterocycles. The Balaban J connectivity index is 2.48.